The van der Waals surface area contributed by atoms with Crippen LogP contribution in [0.3, 0.4) is 0 Å². The van der Waals surface area contributed by atoms with E-state index in [0.29, 0.717) is 24.5 Å². The largest absolute Gasteiger partial charge is 0.381 e. The van der Waals surface area contributed by atoms with E-state index in [2.05, 4.69) is 5.32 Å². The fraction of sp³-hybridized carbons (Fsp3) is 0.462. The molecule has 1 amide bonds. The van der Waals surface area contributed by atoms with Gasteiger partial charge in [-0.05, 0) is 37.5 Å². The Bertz CT molecular complexity index is 414. The van der Waals surface area contributed by atoms with Crippen molar-refractivity contribution in [2.24, 2.45) is 5.92 Å². The summed E-state index contributed by atoms with van der Waals surface area (Å²) in [7, 11) is 0. The summed E-state index contributed by atoms with van der Waals surface area (Å²) in [4.78, 5) is 11.9. The van der Waals surface area contributed by atoms with Crippen molar-refractivity contribution < 1.29 is 13.9 Å². The van der Waals surface area contributed by atoms with Crippen LogP contribution in [0.4, 0.5) is 10.1 Å². The second kappa shape index (κ2) is 5.27. The minimum absolute atomic E-state index is 0.0203. The van der Waals surface area contributed by atoms with Gasteiger partial charge in [0.2, 0.25) is 5.91 Å². The number of hydrogen-bond acceptors (Lipinski definition) is 2. The summed E-state index contributed by atoms with van der Waals surface area (Å²) in [6, 6.07) is 4.73. The molecular formula is C13H16FNO2. The van der Waals surface area contributed by atoms with Gasteiger partial charge in [-0.3, -0.25) is 4.79 Å². The third kappa shape index (κ3) is 3.03. The quantitative estimate of drug-likeness (QED) is 0.858. The second-order valence-corrected chi connectivity index (χ2v) is 4.34. The van der Waals surface area contributed by atoms with E-state index in [-0.39, 0.29) is 17.6 Å². The topological polar surface area (TPSA) is 38.3 Å². The molecule has 0 bridgehead atoms. The average Bonchev–Trinajstić information content (AvgIpc) is 2.35. The van der Waals surface area contributed by atoms with Crippen LogP contribution in [0.5, 0.6) is 0 Å². The Morgan fingerprint density at radius 2 is 2.12 bits per heavy atom. The van der Waals surface area contributed by atoms with Gasteiger partial charge in [0.25, 0.3) is 0 Å². The first kappa shape index (κ1) is 12.0. The maximum atomic E-state index is 13.3. The zero-order chi connectivity index (χ0) is 12.3. The highest BCUT2D eigenvalue weighted by Gasteiger charge is 2.21. The molecule has 1 fully saturated rings. The lowest BCUT2D eigenvalue weighted by Gasteiger charge is -2.21. The van der Waals surface area contributed by atoms with Crippen molar-refractivity contribution in [1.82, 2.24) is 0 Å². The van der Waals surface area contributed by atoms with Crippen molar-refractivity contribution in [3.05, 3.63) is 29.6 Å². The van der Waals surface area contributed by atoms with Crippen LogP contribution in [0.2, 0.25) is 0 Å². The fourth-order valence-electron chi connectivity index (χ4n) is 1.87. The SMILES string of the molecule is Cc1ccc(NC(=O)C2CCOCC2)cc1F. The van der Waals surface area contributed by atoms with Gasteiger partial charge in [0.1, 0.15) is 5.82 Å². The van der Waals surface area contributed by atoms with Crippen LogP contribution in [0.15, 0.2) is 18.2 Å². The smallest absolute Gasteiger partial charge is 0.227 e. The maximum Gasteiger partial charge on any atom is 0.227 e. The van der Waals surface area contributed by atoms with Crippen LogP contribution in [0.1, 0.15) is 18.4 Å². The summed E-state index contributed by atoms with van der Waals surface area (Å²) in [5, 5.41) is 2.75. The highest BCUT2D eigenvalue weighted by molar-refractivity contribution is 5.92. The Hall–Kier alpha value is -1.42. The van der Waals surface area contributed by atoms with Crippen molar-refractivity contribution in [2.45, 2.75) is 19.8 Å². The van der Waals surface area contributed by atoms with Gasteiger partial charge >= 0.3 is 0 Å². The lowest BCUT2D eigenvalue weighted by atomic mass is 9.99. The molecule has 1 aliphatic heterocycles. The number of anilines is 1. The third-order valence-electron chi connectivity index (χ3n) is 3.03. The first-order valence-corrected chi connectivity index (χ1v) is 5.81. The fourth-order valence-corrected chi connectivity index (χ4v) is 1.87. The minimum Gasteiger partial charge on any atom is -0.381 e. The van der Waals surface area contributed by atoms with Crippen molar-refractivity contribution in [3.8, 4) is 0 Å². The molecule has 0 saturated carbocycles. The third-order valence-corrected chi connectivity index (χ3v) is 3.03. The van der Waals surface area contributed by atoms with E-state index in [9.17, 15) is 9.18 Å². The van der Waals surface area contributed by atoms with Gasteiger partial charge in [-0.2, -0.15) is 0 Å². The summed E-state index contributed by atoms with van der Waals surface area (Å²) in [5.41, 5.74) is 1.10. The van der Waals surface area contributed by atoms with Crippen LogP contribution in [0.25, 0.3) is 0 Å². The molecule has 0 radical (unpaired) electrons. The molecule has 92 valence electrons. The molecule has 1 saturated heterocycles. The van der Waals surface area contributed by atoms with E-state index in [1.165, 1.54) is 6.07 Å². The molecule has 0 aromatic heterocycles. The van der Waals surface area contributed by atoms with Gasteiger partial charge in [0.15, 0.2) is 0 Å². The number of benzene rings is 1. The first-order valence-electron chi connectivity index (χ1n) is 5.81. The standard InChI is InChI=1S/C13H16FNO2/c1-9-2-3-11(8-12(9)14)15-13(16)10-4-6-17-7-5-10/h2-3,8,10H,4-7H2,1H3,(H,15,16). The van der Waals surface area contributed by atoms with Gasteiger partial charge in [0, 0.05) is 24.8 Å². The molecular weight excluding hydrogens is 221 g/mol. The Labute approximate surface area is 100.0 Å². The highest BCUT2D eigenvalue weighted by Crippen LogP contribution is 2.19. The van der Waals surface area contributed by atoms with Gasteiger partial charge in [-0.1, -0.05) is 6.07 Å². The summed E-state index contributed by atoms with van der Waals surface area (Å²) >= 11 is 0. The lowest BCUT2D eigenvalue weighted by molar-refractivity contribution is -0.122. The number of nitrogens with one attached hydrogen (secondary N) is 1. The molecule has 17 heavy (non-hydrogen) atoms. The number of amides is 1. The summed E-state index contributed by atoms with van der Waals surface area (Å²) in [6.45, 7) is 2.94. The number of hydrogen-bond donors (Lipinski definition) is 1. The molecule has 1 aliphatic rings. The van der Waals surface area contributed by atoms with E-state index < -0.39 is 0 Å². The van der Waals surface area contributed by atoms with Gasteiger partial charge in [-0.15, -0.1) is 0 Å². The van der Waals surface area contributed by atoms with Crippen LogP contribution in [-0.4, -0.2) is 19.1 Å². The van der Waals surface area contributed by atoms with Gasteiger partial charge in [-0.25, -0.2) is 4.39 Å². The van der Waals surface area contributed by atoms with E-state index in [1.807, 2.05) is 0 Å². The Balaban J connectivity index is 1.99. The number of aryl methyl sites for hydroxylation is 1. The predicted octanol–water partition coefficient (Wildman–Crippen LogP) is 2.50. The molecule has 1 N–H and O–H groups in total. The lowest BCUT2D eigenvalue weighted by Crippen LogP contribution is -2.28. The van der Waals surface area contributed by atoms with E-state index in [4.69, 9.17) is 4.74 Å². The zero-order valence-electron chi connectivity index (χ0n) is 9.83. The van der Waals surface area contributed by atoms with E-state index in [0.717, 1.165) is 12.8 Å². The molecule has 2 rings (SSSR count). The summed E-state index contributed by atoms with van der Waals surface area (Å²) < 4.78 is 18.5. The highest BCUT2D eigenvalue weighted by atomic mass is 19.1. The monoisotopic (exact) mass is 237 g/mol. The molecule has 0 unspecified atom stereocenters. The second-order valence-electron chi connectivity index (χ2n) is 4.34. The molecule has 0 atom stereocenters. The van der Waals surface area contributed by atoms with E-state index >= 15 is 0 Å². The Morgan fingerprint density at radius 3 is 2.76 bits per heavy atom. The van der Waals surface area contributed by atoms with Crippen LogP contribution >= 0.6 is 0 Å². The number of halogens is 1. The maximum absolute atomic E-state index is 13.3. The summed E-state index contributed by atoms with van der Waals surface area (Å²) in [6.07, 6.45) is 1.47. The number of carbonyl (C=O) groups is 1. The molecule has 1 heterocycles. The van der Waals surface area contributed by atoms with Crippen molar-refractivity contribution >= 4 is 11.6 Å². The van der Waals surface area contributed by atoms with Gasteiger partial charge < -0.3 is 10.1 Å². The Kier molecular flexibility index (Phi) is 3.74. The molecule has 1 aromatic carbocycles. The van der Waals surface area contributed by atoms with Crippen molar-refractivity contribution in [3.63, 3.8) is 0 Å². The zero-order valence-corrected chi connectivity index (χ0v) is 9.83. The van der Waals surface area contributed by atoms with Crippen LogP contribution in [0, 0.1) is 18.7 Å². The number of rotatable bonds is 2. The predicted molar refractivity (Wildman–Crippen MR) is 63.3 cm³/mol. The van der Waals surface area contributed by atoms with Crippen molar-refractivity contribution in [2.75, 3.05) is 18.5 Å². The first-order chi connectivity index (χ1) is 8.16. The van der Waals surface area contributed by atoms with Crippen molar-refractivity contribution in [1.29, 1.82) is 0 Å². The number of ether oxygens (including phenoxy) is 1. The minimum atomic E-state index is -0.297. The number of carbonyl (C=O) groups excluding carboxylic acids is 1. The van der Waals surface area contributed by atoms with Crippen LogP contribution < -0.4 is 5.32 Å². The molecule has 0 aliphatic carbocycles. The average molecular weight is 237 g/mol. The normalized spacial score (nSPS) is 16.8. The van der Waals surface area contributed by atoms with Crippen LogP contribution in [-0.2, 0) is 9.53 Å². The summed E-state index contributed by atoms with van der Waals surface area (Å²) in [5.74, 6) is -0.362. The molecule has 1 aromatic rings. The Morgan fingerprint density at radius 1 is 1.41 bits per heavy atom. The van der Waals surface area contributed by atoms with Gasteiger partial charge in [0.05, 0.1) is 0 Å². The molecule has 4 heteroatoms. The molecule has 3 nitrogen and oxygen atoms in total. The molecule has 0 spiro atoms. The van der Waals surface area contributed by atoms with E-state index in [1.54, 1.807) is 19.1 Å².